The highest BCUT2D eigenvalue weighted by molar-refractivity contribution is 5.60. The summed E-state index contributed by atoms with van der Waals surface area (Å²) in [5.74, 6) is 0.748. The number of nitrogens with zero attached hydrogens (tertiary/aromatic N) is 3. The van der Waals surface area contributed by atoms with Crippen molar-refractivity contribution < 1.29 is 4.74 Å². The molecular weight excluding hydrogens is 214 g/mol. The standard InChI is InChI=1S/C9H11N3O.2C2H6/c1-6-4-8(13-3)12-9(6)7(2)10-5-11-12;2*1-2/h4-5H,1-3H3;2*1-2H3. The number of hydrogen-bond donors (Lipinski definition) is 0. The van der Waals surface area contributed by atoms with Gasteiger partial charge in [-0.15, -0.1) is 0 Å². The molecule has 0 atom stereocenters. The van der Waals surface area contributed by atoms with Crippen LogP contribution < -0.4 is 4.74 Å². The first-order valence-electron chi connectivity index (χ1n) is 6.08. The fraction of sp³-hybridized carbons (Fsp3) is 0.538. The van der Waals surface area contributed by atoms with Crippen molar-refractivity contribution in [1.29, 1.82) is 0 Å². The van der Waals surface area contributed by atoms with Crippen molar-refractivity contribution in [2.75, 3.05) is 7.11 Å². The van der Waals surface area contributed by atoms with Crippen LogP contribution in [0.2, 0.25) is 0 Å². The Morgan fingerprint density at radius 3 is 2.24 bits per heavy atom. The molecule has 0 saturated carbocycles. The highest BCUT2D eigenvalue weighted by atomic mass is 16.5. The summed E-state index contributed by atoms with van der Waals surface area (Å²) in [5.41, 5.74) is 3.13. The smallest absolute Gasteiger partial charge is 0.215 e. The van der Waals surface area contributed by atoms with Crippen LogP contribution >= 0.6 is 0 Å². The van der Waals surface area contributed by atoms with E-state index in [1.807, 2.05) is 47.6 Å². The first-order chi connectivity index (χ1) is 8.24. The van der Waals surface area contributed by atoms with Crippen molar-refractivity contribution in [3.8, 4) is 5.88 Å². The average molecular weight is 237 g/mol. The van der Waals surface area contributed by atoms with Gasteiger partial charge in [-0.25, -0.2) is 4.98 Å². The van der Waals surface area contributed by atoms with E-state index in [0.717, 1.165) is 22.7 Å². The van der Waals surface area contributed by atoms with E-state index in [1.165, 1.54) is 6.33 Å². The predicted molar refractivity (Wildman–Crippen MR) is 71.7 cm³/mol. The van der Waals surface area contributed by atoms with Crippen LogP contribution in [0.5, 0.6) is 5.88 Å². The maximum absolute atomic E-state index is 5.18. The van der Waals surface area contributed by atoms with Gasteiger partial charge in [0.15, 0.2) is 0 Å². The van der Waals surface area contributed by atoms with Crippen molar-refractivity contribution in [3.63, 3.8) is 0 Å². The first-order valence-corrected chi connectivity index (χ1v) is 6.08. The van der Waals surface area contributed by atoms with E-state index in [1.54, 1.807) is 11.6 Å². The lowest BCUT2D eigenvalue weighted by molar-refractivity contribution is 0.387. The Kier molecular flexibility index (Phi) is 6.94. The minimum atomic E-state index is 0.748. The Bertz CT molecular complexity index is 449. The van der Waals surface area contributed by atoms with Gasteiger partial charge in [-0.05, 0) is 19.4 Å². The molecule has 96 valence electrons. The normalized spacial score (nSPS) is 8.88. The summed E-state index contributed by atoms with van der Waals surface area (Å²) >= 11 is 0. The van der Waals surface area contributed by atoms with Gasteiger partial charge in [0, 0.05) is 6.07 Å². The third kappa shape index (κ3) is 3.19. The van der Waals surface area contributed by atoms with E-state index < -0.39 is 0 Å². The van der Waals surface area contributed by atoms with E-state index in [2.05, 4.69) is 10.1 Å². The fourth-order valence-electron chi connectivity index (χ4n) is 1.52. The molecule has 0 fully saturated rings. The molecule has 0 bridgehead atoms. The van der Waals surface area contributed by atoms with E-state index >= 15 is 0 Å². The molecular formula is C13H23N3O. The second-order valence-electron chi connectivity index (χ2n) is 2.98. The average Bonchev–Trinajstić information content (AvgIpc) is 2.72. The molecule has 0 spiro atoms. The topological polar surface area (TPSA) is 39.4 Å². The number of fused-ring (bicyclic) bond motifs is 1. The Balaban J connectivity index is 0.000000581. The van der Waals surface area contributed by atoms with Gasteiger partial charge in [-0.1, -0.05) is 27.7 Å². The van der Waals surface area contributed by atoms with Gasteiger partial charge in [0.05, 0.1) is 18.3 Å². The molecule has 2 aromatic heterocycles. The second kappa shape index (κ2) is 7.65. The van der Waals surface area contributed by atoms with Crippen LogP contribution in [-0.2, 0) is 0 Å². The van der Waals surface area contributed by atoms with Gasteiger partial charge < -0.3 is 4.74 Å². The van der Waals surface area contributed by atoms with E-state index in [4.69, 9.17) is 4.74 Å². The molecule has 4 heteroatoms. The monoisotopic (exact) mass is 237 g/mol. The van der Waals surface area contributed by atoms with Crippen molar-refractivity contribution >= 4 is 5.52 Å². The van der Waals surface area contributed by atoms with Gasteiger partial charge in [0.2, 0.25) is 5.88 Å². The molecule has 2 heterocycles. The number of rotatable bonds is 1. The Morgan fingerprint density at radius 1 is 1.12 bits per heavy atom. The summed E-state index contributed by atoms with van der Waals surface area (Å²) in [6.07, 6.45) is 1.53. The highest BCUT2D eigenvalue weighted by Gasteiger charge is 2.08. The number of hydrogen-bond acceptors (Lipinski definition) is 3. The molecule has 2 aromatic rings. The zero-order chi connectivity index (χ0) is 13.4. The Morgan fingerprint density at radius 2 is 1.71 bits per heavy atom. The highest BCUT2D eigenvalue weighted by Crippen LogP contribution is 2.21. The zero-order valence-electron chi connectivity index (χ0n) is 11.9. The van der Waals surface area contributed by atoms with Crippen molar-refractivity contribution in [2.45, 2.75) is 41.5 Å². The minimum Gasteiger partial charge on any atom is -0.481 e. The molecule has 0 amide bonds. The van der Waals surface area contributed by atoms with E-state index in [9.17, 15) is 0 Å². The molecule has 0 aliphatic rings. The molecule has 0 radical (unpaired) electrons. The van der Waals surface area contributed by atoms with Gasteiger partial charge in [0.25, 0.3) is 0 Å². The van der Waals surface area contributed by atoms with Gasteiger partial charge >= 0.3 is 0 Å². The summed E-state index contributed by atoms with van der Waals surface area (Å²) in [6.45, 7) is 12.0. The maximum Gasteiger partial charge on any atom is 0.215 e. The van der Waals surface area contributed by atoms with Crippen LogP contribution in [0.1, 0.15) is 39.0 Å². The number of aromatic nitrogens is 3. The minimum absolute atomic E-state index is 0.748. The van der Waals surface area contributed by atoms with Crippen LogP contribution in [0.4, 0.5) is 0 Å². The maximum atomic E-state index is 5.18. The molecule has 0 unspecified atom stereocenters. The first kappa shape index (κ1) is 15.4. The van der Waals surface area contributed by atoms with Crippen LogP contribution in [-0.4, -0.2) is 21.7 Å². The summed E-state index contributed by atoms with van der Waals surface area (Å²) in [6, 6.07) is 1.96. The second-order valence-corrected chi connectivity index (χ2v) is 2.98. The molecule has 0 N–H and O–H groups in total. The zero-order valence-corrected chi connectivity index (χ0v) is 11.9. The quantitative estimate of drug-likeness (QED) is 0.763. The predicted octanol–water partition coefficient (Wildman–Crippen LogP) is 3.41. The SMILES string of the molecule is CC.CC.COc1cc(C)c2c(C)ncnn12. The molecule has 0 saturated heterocycles. The molecule has 17 heavy (non-hydrogen) atoms. The Hall–Kier alpha value is -1.58. The lowest BCUT2D eigenvalue weighted by Crippen LogP contribution is -1.98. The summed E-state index contributed by atoms with van der Waals surface area (Å²) < 4.78 is 6.94. The van der Waals surface area contributed by atoms with Crippen LogP contribution in [0.25, 0.3) is 5.52 Å². The van der Waals surface area contributed by atoms with Crippen LogP contribution in [0.15, 0.2) is 12.4 Å². The Labute approximate surface area is 104 Å². The fourth-order valence-corrected chi connectivity index (χ4v) is 1.52. The van der Waals surface area contributed by atoms with Gasteiger partial charge in [-0.3, -0.25) is 0 Å². The summed E-state index contributed by atoms with van der Waals surface area (Å²) in [4.78, 5) is 4.13. The molecule has 0 aromatic carbocycles. The van der Waals surface area contributed by atoms with Gasteiger partial charge in [0.1, 0.15) is 6.33 Å². The van der Waals surface area contributed by atoms with Crippen molar-refractivity contribution in [1.82, 2.24) is 14.6 Å². The van der Waals surface area contributed by atoms with Crippen LogP contribution in [0.3, 0.4) is 0 Å². The van der Waals surface area contributed by atoms with Crippen molar-refractivity contribution in [3.05, 3.63) is 23.7 Å². The third-order valence-corrected chi connectivity index (χ3v) is 2.10. The van der Waals surface area contributed by atoms with Gasteiger partial charge in [-0.2, -0.15) is 9.61 Å². The number of methoxy groups -OCH3 is 1. The summed E-state index contributed by atoms with van der Waals surface area (Å²) in [5, 5.41) is 4.11. The molecule has 2 rings (SSSR count). The van der Waals surface area contributed by atoms with Crippen LogP contribution in [0, 0.1) is 13.8 Å². The lowest BCUT2D eigenvalue weighted by Gasteiger charge is -2.00. The lowest BCUT2D eigenvalue weighted by atomic mass is 10.3. The number of ether oxygens (including phenoxy) is 1. The third-order valence-electron chi connectivity index (χ3n) is 2.10. The molecule has 0 aliphatic heterocycles. The summed E-state index contributed by atoms with van der Waals surface area (Å²) in [7, 11) is 1.64. The van der Waals surface area contributed by atoms with E-state index in [0.29, 0.717) is 0 Å². The molecule has 0 aliphatic carbocycles. The van der Waals surface area contributed by atoms with E-state index in [-0.39, 0.29) is 0 Å². The van der Waals surface area contributed by atoms with Crippen molar-refractivity contribution in [2.24, 2.45) is 0 Å². The largest absolute Gasteiger partial charge is 0.481 e. The number of aryl methyl sites for hydroxylation is 2. The molecule has 4 nitrogen and oxygen atoms in total.